The highest BCUT2D eigenvalue weighted by Gasteiger charge is 2.11. The van der Waals surface area contributed by atoms with Crippen molar-refractivity contribution in [3.05, 3.63) is 24.3 Å². The van der Waals surface area contributed by atoms with Gasteiger partial charge in [0.2, 0.25) is 5.91 Å². The highest BCUT2D eigenvalue weighted by Crippen LogP contribution is 2.21. The number of anilines is 2. The summed E-state index contributed by atoms with van der Waals surface area (Å²) in [6.07, 6.45) is 2.54. The molecule has 5 heteroatoms. The number of thiocarbonyl (C=S) groups is 1. The van der Waals surface area contributed by atoms with E-state index >= 15 is 0 Å². The van der Waals surface area contributed by atoms with Crippen molar-refractivity contribution in [2.45, 2.75) is 19.8 Å². The molecule has 1 fully saturated rings. The quantitative estimate of drug-likeness (QED) is 0.802. The van der Waals surface area contributed by atoms with Gasteiger partial charge >= 0.3 is 0 Å². The standard InChI is InChI=1S/C13H17N3OS/c1-10(17)14-13(18)15-11-4-6-12(7-5-11)16-8-2-3-9-16/h4-7H,2-3,8-9H2,1H3,(H2,14,15,17,18). The highest BCUT2D eigenvalue weighted by atomic mass is 32.1. The fourth-order valence-corrected chi connectivity index (χ4v) is 2.31. The molecule has 2 N–H and O–H groups in total. The van der Waals surface area contributed by atoms with E-state index in [1.54, 1.807) is 0 Å². The van der Waals surface area contributed by atoms with Crippen molar-refractivity contribution in [2.75, 3.05) is 23.3 Å². The third kappa shape index (κ3) is 3.43. The van der Waals surface area contributed by atoms with E-state index in [-0.39, 0.29) is 5.91 Å². The van der Waals surface area contributed by atoms with Gasteiger partial charge in [-0.25, -0.2) is 0 Å². The molecule has 0 radical (unpaired) electrons. The van der Waals surface area contributed by atoms with Gasteiger partial charge in [0, 0.05) is 31.4 Å². The van der Waals surface area contributed by atoms with Crippen LogP contribution in [0.3, 0.4) is 0 Å². The van der Waals surface area contributed by atoms with Gasteiger partial charge in [-0.05, 0) is 49.3 Å². The number of amides is 1. The van der Waals surface area contributed by atoms with Crippen LogP contribution < -0.4 is 15.5 Å². The van der Waals surface area contributed by atoms with Gasteiger partial charge in [-0.1, -0.05) is 0 Å². The topological polar surface area (TPSA) is 44.4 Å². The Morgan fingerprint density at radius 2 is 1.83 bits per heavy atom. The first kappa shape index (κ1) is 12.8. The molecule has 1 aromatic carbocycles. The second-order valence-electron chi connectivity index (χ2n) is 4.38. The number of hydrogen-bond donors (Lipinski definition) is 2. The van der Waals surface area contributed by atoms with Crippen molar-refractivity contribution in [1.82, 2.24) is 5.32 Å². The molecule has 0 spiro atoms. The molecule has 0 aliphatic carbocycles. The zero-order valence-corrected chi connectivity index (χ0v) is 11.2. The van der Waals surface area contributed by atoms with Gasteiger partial charge in [-0.2, -0.15) is 0 Å². The number of carbonyl (C=O) groups excluding carboxylic acids is 1. The summed E-state index contributed by atoms with van der Waals surface area (Å²) in [5.41, 5.74) is 2.13. The maximum Gasteiger partial charge on any atom is 0.222 e. The number of hydrogen-bond acceptors (Lipinski definition) is 3. The zero-order valence-electron chi connectivity index (χ0n) is 10.4. The predicted molar refractivity (Wildman–Crippen MR) is 77.9 cm³/mol. The van der Waals surface area contributed by atoms with E-state index in [2.05, 4.69) is 27.7 Å². The number of nitrogens with one attached hydrogen (secondary N) is 2. The minimum atomic E-state index is -0.166. The molecule has 18 heavy (non-hydrogen) atoms. The first-order valence-electron chi connectivity index (χ1n) is 6.09. The van der Waals surface area contributed by atoms with Gasteiger partial charge in [-0.3, -0.25) is 4.79 Å². The number of benzene rings is 1. The molecule has 4 nitrogen and oxygen atoms in total. The summed E-state index contributed by atoms with van der Waals surface area (Å²) in [6, 6.07) is 8.09. The summed E-state index contributed by atoms with van der Waals surface area (Å²) in [5.74, 6) is -0.166. The van der Waals surface area contributed by atoms with Crippen LogP contribution in [-0.4, -0.2) is 24.1 Å². The summed E-state index contributed by atoms with van der Waals surface area (Å²) in [5, 5.41) is 5.83. The minimum absolute atomic E-state index is 0.166. The van der Waals surface area contributed by atoms with Crippen LogP contribution in [0.4, 0.5) is 11.4 Å². The zero-order chi connectivity index (χ0) is 13.0. The Morgan fingerprint density at radius 3 is 2.39 bits per heavy atom. The van der Waals surface area contributed by atoms with Crippen LogP contribution in [0, 0.1) is 0 Å². The Labute approximate surface area is 112 Å². The van der Waals surface area contributed by atoms with Gasteiger partial charge in [0.05, 0.1) is 0 Å². The molecule has 1 aromatic rings. The summed E-state index contributed by atoms with van der Waals surface area (Å²) in [7, 11) is 0. The first-order chi connectivity index (χ1) is 8.65. The highest BCUT2D eigenvalue weighted by molar-refractivity contribution is 7.80. The molecule has 0 bridgehead atoms. The fourth-order valence-electron chi connectivity index (χ4n) is 2.05. The van der Waals surface area contributed by atoms with Gasteiger partial charge in [0.25, 0.3) is 0 Å². The van der Waals surface area contributed by atoms with E-state index in [1.807, 2.05) is 12.1 Å². The van der Waals surface area contributed by atoms with Crippen molar-refractivity contribution >= 4 is 34.6 Å². The van der Waals surface area contributed by atoms with Crippen LogP contribution in [0.15, 0.2) is 24.3 Å². The maximum atomic E-state index is 10.8. The average Bonchev–Trinajstić information content (AvgIpc) is 2.82. The number of rotatable bonds is 2. The molecule has 1 aliphatic rings. The van der Waals surface area contributed by atoms with E-state index in [1.165, 1.54) is 25.5 Å². The Hall–Kier alpha value is -1.62. The van der Waals surface area contributed by atoms with Gasteiger partial charge in [0.1, 0.15) is 0 Å². The van der Waals surface area contributed by atoms with Crippen molar-refractivity contribution < 1.29 is 4.79 Å². The Balaban J connectivity index is 1.94. The van der Waals surface area contributed by atoms with Crippen LogP contribution in [0.1, 0.15) is 19.8 Å². The third-order valence-corrected chi connectivity index (χ3v) is 3.09. The second kappa shape index (κ2) is 5.82. The van der Waals surface area contributed by atoms with Crippen LogP contribution in [0.5, 0.6) is 0 Å². The monoisotopic (exact) mass is 263 g/mol. The molecule has 0 atom stereocenters. The lowest BCUT2D eigenvalue weighted by Gasteiger charge is -2.18. The molecule has 96 valence electrons. The molecule has 1 aliphatic heterocycles. The Kier molecular flexibility index (Phi) is 4.15. The Bertz CT molecular complexity index is 438. The van der Waals surface area contributed by atoms with Crippen molar-refractivity contribution in [2.24, 2.45) is 0 Å². The minimum Gasteiger partial charge on any atom is -0.372 e. The summed E-state index contributed by atoms with van der Waals surface area (Å²) >= 11 is 5.00. The van der Waals surface area contributed by atoms with Crippen molar-refractivity contribution in [3.63, 3.8) is 0 Å². The molecule has 1 heterocycles. The van der Waals surface area contributed by atoms with E-state index in [0.717, 1.165) is 18.8 Å². The largest absolute Gasteiger partial charge is 0.372 e. The van der Waals surface area contributed by atoms with Gasteiger partial charge in [-0.15, -0.1) is 0 Å². The van der Waals surface area contributed by atoms with Crippen molar-refractivity contribution in [3.8, 4) is 0 Å². The van der Waals surface area contributed by atoms with E-state index in [9.17, 15) is 4.79 Å². The predicted octanol–water partition coefficient (Wildman–Crippen LogP) is 2.12. The van der Waals surface area contributed by atoms with Crippen molar-refractivity contribution in [1.29, 1.82) is 0 Å². The van der Waals surface area contributed by atoms with E-state index < -0.39 is 0 Å². The lowest BCUT2D eigenvalue weighted by atomic mass is 10.2. The van der Waals surface area contributed by atoms with Gasteiger partial charge < -0.3 is 15.5 Å². The second-order valence-corrected chi connectivity index (χ2v) is 4.78. The first-order valence-corrected chi connectivity index (χ1v) is 6.49. The van der Waals surface area contributed by atoms with Crippen LogP contribution in [-0.2, 0) is 4.79 Å². The van der Waals surface area contributed by atoms with E-state index in [4.69, 9.17) is 12.2 Å². The normalized spacial score (nSPS) is 14.4. The molecule has 0 saturated carbocycles. The molecule has 0 unspecified atom stereocenters. The average molecular weight is 263 g/mol. The van der Waals surface area contributed by atoms with E-state index in [0.29, 0.717) is 5.11 Å². The molecular formula is C13H17N3OS. The summed E-state index contributed by atoms with van der Waals surface area (Å²) in [4.78, 5) is 13.2. The third-order valence-electron chi connectivity index (χ3n) is 2.89. The number of carbonyl (C=O) groups is 1. The van der Waals surface area contributed by atoms with Crippen LogP contribution in [0.25, 0.3) is 0 Å². The smallest absolute Gasteiger partial charge is 0.222 e. The number of nitrogens with zero attached hydrogens (tertiary/aromatic N) is 1. The van der Waals surface area contributed by atoms with Gasteiger partial charge in [0.15, 0.2) is 5.11 Å². The Morgan fingerprint density at radius 1 is 1.22 bits per heavy atom. The fraction of sp³-hybridized carbons (Fsp3) is 0.385. The maximum absolute atomic E-state index is 10.8. The van der Waals surface area contributed by atoms with Crippen LogP contribution in [0.2, 0.25) is 0 Å². The molecule has 0 aromatic heterocycles. The molecule has 1 saturated heterocycles. The molecule has 2 rings (SSSR count). The summed E-state index contributed by atoms with van der Waals surface area (Å²) < 4.78 is 0. The van der Waals surface area contributed by atoms with Crippen LogP contribution >= 0.6 is 12.2 Å². The lowest BCUT2D eigenvalue weighted by molar-refractivity contribution is -0.117. The molecule has 1 amide bonds. The SMILES string of the molecule is CC(=O)NC(=S)Nc1ccc(N2CCCC2)cc1. The molecular weight excluding hydrogens is 246 g/mol. The lowest BCUT2D eigenvalue weighted by Crippen LogP contribution is -2.32. The summed E-state index contributed by atoms with van der Waals surface area (Å²) in [6.45, 7) is 3.71.